The Morgan fingerprint density at radius 2 is 2.24 bits per heavy atom. The van der Waals surface area contributed by atoms with Gasteiger partial charge in [-0.2, -0.15) is 0 Å². The van der Waals surface area contributed by atoms with Gasteiger partial charge >= 0.3 is 5.97 Å². The quantitative estimate of drug-likeness (QED) is 0.764. The Balaban J connectivity index is 2.51. The molecule has 0 aliphatic carbocycles. The fraction of sp³-hybridized carbons (Fsp3) is 0.583. The van der Waals surface area contributed by atoms with E-state index >= 15 is 0 Å². The molecule has 96 valence electrons. The molecule has 5 nitrogen and oxygen atoms in total. The second-order valence-corrected chi connectivity index (χ2v) is 3.96. The highest BCUT2D eigenvalue weighted by Gasteiger charge is 2.15. The van der Waals surface area contributed by atoms with E-state index in [1.807, 2.05) is 20.8 Å². The Hall–Kier alpha value is -1.33. The highest BCUT2D eigenvalue weighted by atomic mass is 16.5. The summed E-state index contributed by atoms with van der Waals surface area (Å²) >= 11 is 0. The first-order valence-corrected chi connectivity index (χ1v) is 5.71. The van der Waals surface area contributed by atoms with Crippen LogP contribution in [0.15, 0.2) is 16.5 Å². The van der Waals surface area contributed by atoms with Crippen molar-refractivity contribution < 1.29 is 19.1 Å². The van der Waals surface area contributed by atoms with E-state index in [0.29, 0.717) is 19.0 Å². The molecule has 2 N–H and O–H groups in total. The average Bonchev–Trinajstić information content (AvgIpc) is 2.75. The molecule has 1 aromatic heterocycles. The van der Waals surface area contributed by atoms with Crippen molar-refractivity contribution in [1.29, 1.82) is 0 Å². The molecule has 1 rings (SSSR count). The zero-order valence-electron chi connectivity index (χ0n) is 10.4. The van der Waals surface area contributed by atoms with Gasteiger partial charge in [0.1, 0.15) is 5.76 Å². The zero-order valence-corrected chi connectivity index (χ0v) is 10.4. The molecule has 0 radical (unpaired) electrons. The lowest BCUT2D eigenvalue weighted by molar-refractivity contribution is 0.0658. The van der Waals surface area contributed by atoms with Crippen LogP contribution in [0.3, 0.4) is 0 Å². The van der Waals surface area contributed by atoms with Crippen molar-refractivity contribution in [3.8, 4) is 0 Å². The SMILES string of the molecule is CCOCC(C)NC(C)c1ccc(C(=O)O)o1. The lowest BCUT2D eigenvalue weighted by Gasteiger charge is -2.18. The standard InChI is InChI=1S/C12H19NO4/c1-4-16-7-8(2)13-9(3)10-5-6-11(17-10)12(14)15/h5-6,8-9,13H,4,7H2,1-3H3,(H,14,15). The van der Waals surface area contributed by atoms with Gasteiger partial charge < -0.3 is 19.6 Å². The van der Waals surface area contributed by atoms with Gasteiger partial charge in [0.2, 0.25) is 5.76 Å². The van der Waals surface area contributed by atoms with E-state index in [4.69, 9.17) is 14.3 Å². The van der Waals surface area contributed by atoms with Crippen LogP contribution >= 0.6 is 0 Å². The monoisotopic (exact) mass is 241 g/mol. The maximum atomic E-state index is 10.7. The Morgan fingerprint density at radius 3 is 2.76 bits per heavy atom. The Morgan fingerprint density at radius 1 is 1.53 bits per heavy atom. The number of aromatic carboxylic acids is 1. The highest BCUT2D eigenvalue weighted by Crippen LogP contribution is 2.16. The summed E-state index contributed by atoms with van der Waals surface area (Å²) in [6.45, 7) is 7.18. The molecule has 0 aromatic carbocycles. The lowest BCUT2D eigenvalue weighted by atomic mass is 10.2. The van der Waals surface area contributed by atoms with E-state index in [1.54, 1.807) is 6.07 Å². The third-order valence-electron chi connectivity index (χ3n) is 2.37. The third-order valence-corrected chi connectivity index (χ3v) is 2.37. The van der Waals surface area contributed by atoms with Crippen LogP contribution in [-0.4, -0.2) is 30.3 Å². The summed E-state index contributed by atoms with van der Waals surface area (Å²) in [7, 11) is 0. The van der Waals surface area contributed by atoms with Crippen LogP contribution in [-0.2, 0) is 4.74 Å². The maximum Gasteiger partial charge on any atom is 0.371 e. The molecule has 0 aliphatic heterocycles. The first-order chi connectivity index (χ1) is 8.04. The minimum absolute atomic E-state index is 0.0360. The molecule has 5 heteroatoms. The number of hydrogen-bond acceptors (Lipinski definition) is 4. The van der Waals surface area contributed by atoms with Crippen LogP contribution in [0.4, 0.5) is 0 Å². The molecule has 0 fully saturated rings. The number of hydrogen-bond donors (Lipinski definition) is 2. The lowest BCUT2D eigenvalue weighted by Crippen LogP contribution is -2.32. The van der Waals surface area contributed by atoms with Crippen LogP contribution in [0.5, 0.6) is 0 Å². The molecular formula is C12H19NO4. The Kier molecular flexibility index (Phi) is 5.18. The molecular weight excluding hydrogens is 222 g/mol. The molecule has 1 heterocycles. The second kappa shape index (κ2) is 6.42. The molecule has 2 atom stereocenters. The highest BCUT2D eigenvalue weighted by molar-refractivity contribution is 5.84. The summed E-state index contributed by atoms with van der Waals surface area (Å²) in [5.41, 5.74) is 0. The number of nitrogens with one attached hydrogen (secondary N) is 1. The number of ether oxygens (including phenoxy) is 1. The minimum atomic E-state index is -1.05. The van der Waals surface area contributed by atoms with E-state index in [0.717, 1.165) is 0 Å². The van der Waals surface area contributed by atoms with Crippen LogP contribution < -0.4 is 5.32 Å². The van der Waals surface area contributed by atoms with Gasteiger partial charge in [-0.15, -0.1) is 0 Å². The third kappa shape index (κ3) is 4.20. The van der Waals surface area contributed by atoms with Crippen molar-refractivity contribution in [2.24, 2.45) is 0 Å². The minimum Gasteiger partial charge on any atom is -0.475 e. The van der Waals surface area contributed by atoms with E-state index in [1.165, 1.54) is 6.07 Å². The van der Waals surface area contributed by atoms with Gasteiger partial charge in [-0.3, -0.25) is 0 Å². The van der Waals surface area contributed by atoms with Crippen molar-refractivity contribution >= 4 is 5.97 Å². The summed E-state index contributed by atoms with van der Waals surface area (Å²) in [4.78, 5) is 10.7. The van der Waals surface area contributed by atoms with Crippen molar-refractivity contribution in [3.05, 3.63) is 23.7 Å². The number of carbonyl (C=O) groups is 1. The second-order valence-electron chi connectivity index (χ2n) is 3.96. The molecule has 0 aliphatic rings. The molecule has 0 saturated heterocycles. The number of furan rings is 1. The van der Waals surface area contributed by atoms with Crippen LogP contribution in [0, 0.1) is 0 Å². The predicted molar refractivity (Wildman–Crippen MR) is 63.2 cm³/mol. The fourth-order valence-corrected chi connectivity index (χ4v) is 1.55. The van der Waals surface area contributed by atoms with Crippen molar-refractivity contribution in [2.45, 2.75) is 32.9 Å². The summed E-state index contributed by atoms with van der Waals surface area (Å²) in [5.74, 6) is -0.470. The summed E-state index contributed by atoms with van der Waals surface area (Å²) in [6, 6.07) is 3.28. The topological polar surface area (TPSA) is 71.7 Å². The van der Waals surface area contributed by atoms with Gasteiger partial charge in [0.05, 0.1) is 12.6 Å². The molecule has 17 heavy (non-hydrogen) atoms. The molecule has 1 aromatic rings. The van der Waals surface area contributed by atoms with E-state index in [2.05, 4.69) is 5.32 Å². The largest absolute Gasteiger partial charge is 0.475 e. The van der Waals surface area contributed by atoms with Crippen LogP contribution in [0.2, 0.25) is 0 Å². The summed E-state index contributed by atoms with van der Waals surface area (Å²) in [6.07, 6.45) is 0. The van der Waals surface area contributed by atoms with E-state index < -0.39 is 5.97 Å². The van der Waals surface area contributed by atoms with Gasteiger partial charge in [0.25, 0.3) is 0 Å². The zero-order chi connectivity index (χ0) is 12.8. The first-order valence-electron chi connectivity index (χ1n) is 5.71. The summed E-state index contributed by atoms with van der Waals surface area (Å²) in [5, 5.41) is 12.0. The average molecular weight is 241 g/mol. The predicted octanol–water partition coefficient (Wildman–Crippen LogP) is 2.05. The first kappa shape index (κ1) is 13.7. The van der Waals surface area contributed by atoms with E-state index in [9.17, 15) is 4.79 Å². The molecule has 0 amide bonds. The normalized spacial score (nSPS) is 14.5. The van der Waals surface area contributed by atoms with Crippen LogP contribution in [0.25, 0.3) is 0 Å². The van der Waals surface area contributed by atoms with Crippen LogP contribution in [0.1, 0.15) is 43.1 Å². The smallest absolute Gasteiger partial charge is 0.371 e. The molecule has 2 unspecified atom stereocenters. The fourth-order valence-electron chi connectivity index (χ4n) is 1.55. The van der Waals surface area contributed by atoms with Gasteiger partial charge in [-0.05, 0) is 32.9 Å². The van der Waals surface area contributed by atoms with Crippen molar-refractivity contribution in [1.82, 2.24) is 5.32 Å². The van der Waals surface area contributed by atoms with Gasteiger partial charge in [0, 0.05) is 12.6 Å². The Labute approximate surface area is 101 Å². The van der Waals surface area contributed by atoms with Crippen molar-refractivity contribution in [3.63, 3.8) is 0 Å². The maximum absolute atomic E-state index is 10.7. The molecule has 0 spiro atoms. The number of carboxylic acids is 1. The molecule has 0 bridgehead atoms. The van der Waals surface area contributed by atoms with Crippen molar-refractivity contribution in [2.75, 3.05) is 13.2 Å². The number of carboxylic acid groups (broad SMARTS) is 1. The molecule has 0 saturated carbocycles. The Bertz CT molecular complexity index is 361. The van der Waals surface area contributed by atoms with Gasteiger partial charge in [-0.1, -0.05) is 0 Å². The van der Waals surface area contributed by atoms with E-state index in [-0.39, 0.29) is 17.8 Å². The van der Waals surface area contributed by atoms with Gasteiger partial charge in [-0.25, -0.2) is 4.79 Å². The number of rotatable bonds is 7. The van der Waals surface area contributed by atoms with Gasteiger partial charge in [0.15, 0.2) is 0 Å². The summed E-state index contributed by atoms with van der Waals surface area (Å²) < 4.78 is 10.5.